The average Bonchev–Trinajstić information content (AvgIpc) is 2.74. The monoisotopic (exact) mass is 456 g/mol. The number of halogens is 2. The number of hydrogen-bond donors (Lipinski definition) is 3. The van der Waals surface area contributed by atoms with Crippen molar-refractivity contribution >= 4 is 52.2 Å². The van der Waals surface area contributed by atoms with Gasteiger partial charge in [0.05, 0.1) is 16.3 Å². The van der Waals surface area contributed by atoms with Crippen LogP contribution >= 0.6 is 23.2 Å². The molecule has 3 N–H and O–H groups in total. The van der Waals surface area contributed by atoms with Gasteiger partial charge in [-0.3, -0.25) is 4.79 Å². The van der Waals surface area contributed by atoms with E-state index in [-0.39, 0.29) is 5.91 Å². The minimum Gasteiger partial charge on any atom is -0.377 e. The SMILES string of the molecule is CN(C)c1ccc(NC(=O)Nc2ccc(Cl)cc2Cl)cc1C(=O)NCc1ccccc1. The fourth-order valence-electron chi connectivity index (χ4n) is 2.93. The van der Waals surface area contributed by atoms with E-state index < -0.39 is 6.03 Å². The van der Waals surface area contributed by atoms with E-state index in [0.29, 0.717) is 33.5 Å². The number of amides is 3. The molecule has 160 valence electrons. The first kappa shape index (κ1) is 22.5. The Bertz CT molecular complexity index is 1090. The Labute approximate surface area is 191 Å². The maximum absolute atomic E-state index is 12.9. The Morgan fingerprint density at radius 3 is 2.32 bits per heavy atom. The van der Waals surface area contributed by atoms with Crippen molar-refractivity contribution in [2.45, 2.75) is 6.54 Å². The molecule has 6 nitrogen and oxygen atoms in total. The van der Waals surface area contributed by atoms with Gasteiger partial charge in [0, 0.05) is 37.0 Å². The lowest BCUT2D eigenvalue weighted by Crippen LogP contribution is -2.26. The summed E-state index contributed by atoms with van der Waals surface area (Å²) in [6, 6.07) is 19.1. The first-order valence-electron chi connectivity index (χ1n) is 9.50. The van der Waals surface area contributed by atoms with Crippen molar-refractivity contribution in [2.24, 2.45) is 0 Å². The van der Waals surface area contributed by atoms with Crippen LogP contribution in [0.25, 0.3) is 0 Å². The average molecular weight is 457 g/mol. The molecule has 0 spiro atoms. The number of rotatable bonds is 6. The summed E-state index contributed by atoms with van der Waals surface area (Å²) in [4.78, 5) is 27.1. The molecular formula is C23H22Cl2N4O2. The molecule has 0 aliphatic carbocycles. The van der Waals surface area contributed by atoms with Gasteiger partial charge in [0.2, 0.25) is 0 Å². The van der Waals surface area contributed by atoms with Crippen molar-refractivity contribution in [2.75, 3.05) is 29.6 Å². The maximum Gasteiger partial charge on any atom is 0.323 e. The smallest absolute Gasteiger partial charge is 0.323 e. The number of nitrogens with zero attached hydrogens (tertiary/aromatic N) is 1. The summed E-state index contributed by atoms with van der Waals surface area (Å²) in [5, 5.41) is 9.11. The zero-order valence-electron chi connectivity index (χ0n) is 17.1. The molecule has 0 aliphatic rings. The van der Waals surface area contributed by atoms with Crippen LogP contribution < -0.4 is 20.9 Å². The Hall–Kier alpha value is -3.22. The quantitative estimate of drug-likeness (QED) is 0.449. The van der Waals surface area contributed by atoms with Gasteiger partial charge in [-0.2, -0.15) is 0 Å². The van der Waals surface area contributed by atoms with E-state index in [1.165, 1.54) is 0 Å². The first-order valence-corrected chi connectivity index (χ1v) is 10.3. The van der Waals surface area contributed by atoms with Crippen LogP contribution in [0.2, 0.25) is 10.0 Å². The molecule has 3 rings (SSSR count). The minimum absolute atomic E-state index is 0.239. The number of carbonyl (C=O) groups excluding carboxylic acids is 2. The highest BCUT2D eigenvalue weighted by molar-refractivity contribution is 6.36. The van der Waals surface area contributed by atoms with E-state index in [1.54, 1.807) is 36.4 Å². The predicted molar refractivity (Wildman–Crippen MR) is 127 cm³/mol. The first-order chi connectivity index (χ1) is 14.8. The van der Waals surface area contributed by atoms with E-state index in [1.807, 2.05) is 49.3 Å². The summed E-state index contributed by atoms with van der Waals surface area (Å²) in [6.45, 7) is 0.403. The summed E-state index contributed by atoms with van der Waals surface area (Å²) in [7, 11) is 3.71. The summed E-state index contributed by atoms with van der Waals surface area (Å²) in [6.07, 6.45) is 0. The predicted octanol–water partition coefficient (Wildman–Crippen LogP) is 5.63. The third-order valence-electron chi connectivity index (χ3n) is 4.46. The lowest BCUT2D eigenvalue weighted by Gasteiger charge is -2.19. The van der Waals surface area contributed by atoms with E-state index >= 15 is 0 Å². The molecule has 8 heteroatoms. The molecule has 0 unspecified atom stereocenters. The van der Waals surface area contributed by atoms with Gasteiger partial charge >= 0.3 is 6.03 Å². The molecule has 0 heterocycles. The Morgan fingerprint density at radius 1 is 0.903 bits per heavy atom. The Balaban J connectivity index is 1.74. The van der Waals surface area contributed by atoms with Crippen LogP contribution in [0, 0.1) is 0 Å². The van der Waals surface area contributed by atoms with Crippen molar-refractivity contribution in [3.8, 4) is 0 Å². The Morgan fingerprint density at radius 2 is 1.65 bits per heavy atom. The highest BCUT2D eigenvalue weighted by Gasteiger charge is 2.15. The van der Waals surface area contributed by atoms with Gasteiger partial charge in [-0.1, -0.05) is 53.5 Å². The Kier molecular flexibility index (Phi) is 7.39. The van der Waals surface area contributed by atoms with Crippen LogP contribution in [0.4, 0.5) is 21.9 Å². The van der Waals surface area contributed by atoms with Crippen molar-refractivity contribution in [3.05, 3.63) is 87.9 Å². The van der Waals surface area contributed by atoms with Gasteiger partial charge in [0.15, 0.2) is 0 Å². The van der Waals surface area contributed by atoms with Gasteiger partial charge in [-0.25, -0.2) is 4.79 Å². The highest BCUT2D eigenvalue weighted by Crippen LogP contribution is 2.26. The third kappa shape index (κ3) is 6.13. The lowest BCUT2D eigenvalue weighted by atomic mass is 10.1. The normalized spacial score (nSPS) is 10.3. The standard InChI is InChI=1S/C23H22Cl2N4O2/c1-29(2)21-11-9-17(27-23(31)28-20-10-8-16(24)12-19(20)25)13-18(21)22(30)26-14-15-6-4-3-5-7-15/h3-13H,14H2,1-2H3,(H,26,30)(H2,27,28,31). The summed E-state index contributed by atoms with van der Waals surface area (Å²) < 4.78 is 0. The lowest BCUT2D eigenvalue weighted by molar-refractivity contribution is 0.0951. The number of benzene rings is 3. The summed E-state index contributed by atoms with van der Waals surface area (Å²) >= 11 is 12.0. The molecule has 3 aromatic carbocycles. The number of carbonyl (C=O) groups is 2. The zero-order valence-corrected chi connectivity index (χ0v) is 18.6. The maximum atomic E-state index is 12.9. The van der Waals surface area contributed by atoms with Gasteiger partial charge in [0.25, 0.3) is 5.91 Å². The van der Waals surface area contributed by atoms with Crippen molar-refractivity contribution in [1.29, 1.82) is 0 Å². The zero-order chi connectivity index (χ0) is 22.4. The summed E-state index contributed by atoms with van der Waals surface area (Å²) in [5.74, 6) is -0.239. The van der Waals surface area contributed by atoms with Crippen molar-refractivity contribution in [1.82, 2.24) is 5.32 Å². The van der Waals surface area contributed by atoms with E-state index in [9.17, 15) is 9.59 Å². The molecule has 0 saturated carbocycles. The molecule has 0 radical (unpaired) electrons. The molecule has 3 amide bonds. The number of urea groups is 1. The number of hydrogen-bond acceptors (Lipinski definition) is 3. The van der Waals surface area contributed by atoms with Crippen LogP contribution in [0.5, 0.6) is 0 Å². The fourth-order valence-corrected chi connectivity index (χ4v) is 3.39. The van der Waals surface area contributed by atoms with Gasteiger partial charge in [0.1, 0.15) is 0 Å². The molecule has 0 bridgehead atoms. The summed E-state index contributed by atoms with van der Waals surface area (Å²) in [5.41, 5.74) is 3.07. The molecule has 0 fully saturated rings. The second kappa shape index (κ2) is 10.2. The second-order valence-corrected chi connectivity index (χ2v) is 7.84. The van der Waals surface area contributed by atoms with Gasteiger partial charge < -0.3 is 20.9 Å². The van der Waals surface area contributed by atoms with Crippen molar-refractivity contribution < 1.29 is 9.59 Å². The number of nitrogens with one attached hydrogen (secondary N) is 3. The topological polar surface area (TPSA) is 73.5 Å². The van der Waals surface area contributed by atoms with Crippen molar-refractivity contribution in [3.63, 3.8) is 0 Å². The van der Waals surface area contributed by atoms with E-state index in [0.717, 1.165) is 11.3 Å². The molecule has 31 heavy (non-hydrogen) atoms. The highest BCUT2D eigenvalue weighted by atomic mass is 35.5. The molecule has 0 aromatic heterocycles. The van der Waals surface area contributed by atoms with Gasteiger partial charge in [-0.05, 0) is 42.0 Å². The third-order valence-corrected chi connectivity index (χ3v) is 5.00. The second-order valence-electron chi connectivity index (χ2n) is 7.00. The van der Waals surface area contributed by atoms with Crippen LogP contribution in [-0.4, -0.2) is 26.0 Å². The fraction of sp³-hybridized carbons (Fsp3) is 0.130. The molecule has 3 aromatic rings. The van der Waals surface area contributed by atoms with Crippen LogP contribution in [0.15, 0.2) is 66.7 Å². The molecule has 0 aliphatic heterocycles. The van der Waals surface area contributed by atoms with Crippen LogP contribution in [0.1, 0.15) is 15.9 Å². The van der Waals surface area contributed by atoms with E-state index in [4.69, 9.17) is 23.2 Å². The molecule has 0 saturated heterocycles. The molecule has 0 atom stereocenters. The minimum atomic E-state index is -0.488. The van der Waals surface area contributed by atoms with Gasteiger partial charge in [-0.15, -0.1) is 0 Å². The molecular weight excluding hydrogens is 435 g/mol. The van der Waals surface area contributed by atoms with E-state index in [2.05, 4.69) is 16.0 Å². The largest absolute Gasteiger partial charge is 0.377 e. The number of anilines is 3. The van der Waals surface area contributed by atoms with Crippen LogP contribution in [-0.2, 0) is 6.54 Å². The van der Waals surface area contributed by atoms with Crippen LogP contribution in [0.3, 0.4) is 0 Å².